The predicted molar refractivity (Wildman–Crippen MR) is 72.3 cm³/mol. The van der Waals surface area contributed by atoms with Gasteiger partial charge in [0, 0.05) is 11.9 Å². The summed E-state index contributed by atoms with van der Waals surface area (Å²) in [6.07, 6.45) is 0.622. The van der Waals surface area contributed by atoms with Crippen molar-refractivity contribution < 1.29 is 9.90 Å². The second kappa shape index (κ2) is 5.55. The standard InChI is InChI=1S/C16H24O2/c1-11(2)10-14(15(17)18)12-6-8-13(9-7-12)16(3,4)5/h6-9,11,14H,10H2,1-5H3,(H,17,18)/p-1. The van der Waals surface area contributed by atoms with Crippen LogP contribution in [0.5, 0.6) is 0 Å². The molecule has 0 amide bonds. The molecule has 0 aliphatic carbocycles. The molecule has 0 saturated carbocycles. The first-order valence-corrected chi connectivity index (χ1v) is 6.53. The summed E-state index contributed by atoms with van der Waals surface area (Å²) in [5.41, 5.74) is 2.15. The van der Waals surface area contributed by atoms with E-state index in [0.717, 1.165) is 5.56 Å². The Labute approximate surface area is 110 Å². The second-order valence-corrected chi connectivity index (χ2v) is 6.37. The lowest BCUT2D eigenvalue weighted by molar-refractivity contribution is -0.308. The summed E-state index contributed by atoms with van der Waals surface area (Å²) < 4.78 is 0. The van der Waals surface area contributed by atoms with Crippen LogP contribution in [0.15, 0.2) is 24.3 Å². The fourth-order valence-corrected chi connectivity index (χ4v) is 2.06. The van der Waals surface area contributed by atoms with E-state index >= 15 is 0 Å². The molecule has 2 heteroatoms. The molecule has 0 aliphatic heterocycles. The molecule has 0 saturated heterocycles. The highest BCUT2D eigenvalue weighted by molar-refractivity contribution is 5.74. The topological polar surface area (TPSA) is 40.1 Å². The number of carboxylic acid groups (broad SMARTS) is 1. The summed E-state index contributed by atoms with van der Waals surface area (Å²) in [7, 11) is 0. The van der Waals surface area contributed by atoms with Crippen LogP contribution in [0.3, 0.4) is 0 Å². The van der Waals surface area contributed by atoms with E-state index in [-0.39, 0.29) is 5.41 Å². The van der Waals surface area contributed by atoms with Gasteiger partial charge in [-0.1, -0.05) is 58.9 Å². The van der Waals surface area contributed by atoms with Gasteiger partial charge in [-0.2, -0.15) is 0 Å². The molecule has 0 aromatic heterocycles. The van der Waals surface area contributed by atoms with Gasteiger partial charge in [0.2, 0.25) is 0 Å². The molecule has 18 heavy (non-hydrogen) atoms. The minimum atomic E-state index is -0.979. The van der Waals surface area contributed by atoms with E-state index in [2.05, 4.69) is 20.8 Å². The zero-order chi connectivity index (χ0) is 13.9. The Kier molecular flexibility index (Phi) is 4.55. The van der Waals surface area contributed by atoms with Crippen LogP contribution in [0, 0.1) is 5.92 Å². The minimum absolute atomic E-state index is 0.0908. The molecule has 0 radical (unpaired) electrons. The molecular weight excluding hydrogens is 224 g/mol. The normalized spacial score (nSPS) is 13.7. The Hall–Kier alpha value is -1.31. The monoisotopic (exact) mass is 247 g/mol. The summed E-state index contributed by atoms with van der Waals surface area (Å²) in [5.74, 6) is -1.14. The molecule has 1 aromatic carbocycles. The lowest BCUT2D eigenvalue weighted by Crippen LogP contribution is -2.30. The van der Waals surface area contributed by atoms with E-state index in [0.29, 0.717) is 12.3 Å². The van der Waals surface area contributed by atoms with Crippen molar-refractivity contribution in [2.45, 2.75) is 52.4 Å². The summed E-state index contributed by atoms with van der Waals surface area (Å²) in [4.78, 5) is 11.2. The van der Waals surface area contributed by atoms with Crippen molar-refractivity contribution in [3.8, 4) is 0 Å². The maximum atomic E-state index is 11.2. The van der Waals surface area contributed by atoms with Gasteiger partial charge in [-0.05, 0) is 28.9 Å². The molecule has 0 heterocycles. The minimum Gasteiger partial charge on any atom is -0.549 e. The number of benzene rings is 1. The largest absolute Gasteiger partial charge is 0.549 e. The SMILES string of the molecule is CC(C)CC(C(=O)[O-])c1ccc(C(C)(C)C)cc1. The molecule has 1 unspecified atom stereocenters. The van der Waals surface area contributed by atoms with E-state index in [1.54, 1.807) is 0 Å². The second-order valence-electron chi connectivity index (χ2n) is 6.37. The van der Waals surface area contributed by atoms with Crippen molar-refractivity contribution in [3.05, 3.63) is 35.4 Å². The van der Waals surface area contributed by atoms with E-state index in [1.165, 1.54) is 5.56 Å². The van der Waals surface area contributed by atoms with E-state index < -0.39 is 11.9 Å². The van der Waals surface area contributed by atoms with E-state index in [9.17, 15) is 9.90 Å². The van der Waals surface area contributed by atoms with Crippen molar-refractivity contribution >= 4 is 5.97 Å². The number of rotatable bonds is 4. The van der Waals surface area contributed by atoms with E-state index in [4.69, 9.17) is 0 Å². The molecule has 0 aliphatic rings. The molecule has 1 rings (SSSR count). The number of carboxylic acids is 1. The van der Waals surface area contributed by atoms with Crippen LogP contribution in [0.1, 0.15) is 58.1 Å². The summed E-state index contributed by atoms with van der Waals surface area (Å²) >= 11 is 0. The third-order valence-electron chi connectivity index (χ3n) is 3.17. The lowest BCUT2D eigenvalue weighted by atomic mass is 9.84. The first kappa shape index (κ1) is 14.7. The van der Waals surface area contributed by atoms with E-state index in [1.807, 2.05) is 38.1 Å². The highest BCUT2D eigenvalue weighted by Crippen LogP contribution is 2.27. The van der Waals surface area contributed by atoms with Crippen LogP contribution in [0.2, 0.25) is 0 Å². The van der Waals surface area contributed by atoms with Gasteiger partial charge in [0.1, 0.15) is 0 Å². The lowest BCUT2D eigenvalue weighted by Gasteiger charge is -2.23. The number of hydrogen-bond donors (Lipinski definition) is 0. The predicted octanol–water partition coefficient (Wildman–Crippen LogP) is 2.86. The Morgan fingerprint density at radius 3 is 2.00 bits per heavy atom. The maximum Gasteiger partial charge on any atom is 0.0489 e. The average molecular weight is 247 g/mol. The first-order chi connectivity index (χ1) is 8.21. The summed E-state index contributed by atoms with van der Waals surface area (Å²) in [6.45, 7) is 10.5. The van der Waals surface area contributed by atoms with Crippen molar-refractivity contribution in [2.75, 3.05) is 0 Å². The molecular formula is C16H23O2-. The van der Waals surface area contributed by atoms with Crippen LogP contribution in [0.25, 0.3) is 0 Å². The van der Waals surface area contributed by atoms with Crippen LogP contribution in [0.4, 0.5) is 0 Å². The van der Waals surface area contributed by atoms with Gasteiger partial charge in [-0.3, -0.25) is 0 Å². The molecule has 1 aromatic rings. The Balaban J connectivity index is 2.98. The van der Waals surface area contributed by atoms with Gasteiger partial charge in [0.15, 0.2) is 0 Å². The van der Waals surface area contributed by atoms with Gasteiger partial charge in [-0.25, -0.2) is 0 Å². The third kappa shape index (κ3) is 3.86. The first-order valence-electron chi connectivity index (χ1n) is 6.53. The fraction of sp³-hybridized carbons (Fsp3) is 0.562. The maximum absolute atomic E-state index is 11.2. The zero-order valence-electron chi connectivity index (χ0n) is 12.0. The Bertz CT molecular complexity index is 396. The van der Waals surface area contributed by atoms with Crippen LogP contribution in [-0.4, -0.2) is 5.97 Å². The molecule has 1 atom stereocenters. The zero-order valence-corrected chi connectivity index (χ0v) is 12.0. The Morgan fingerprint density at radius 2 is 1.67 bits per heavy atom. The van der Waals surface area contributed by atoms with Gasteiger partial charge in [0.25, 0.3) is 0 Å². The summed E-state index contributed by atoms with van der Waals surface area (Å²) in [5, 5.41) is 11.2. The molecule has 0 fully saturated rings. The highest BCUT2D eigenvalue weighted by Gasteiger charge is 2.17. The number of carbonyl (C=O) groups is 1. The Morgan fingerprint density at radius 1 is 1.17 bits per heavy atom. The van der Waals surface area contributed by atoms with Crippen LogP contribution in [-0.2, 0) is 10.2 Å². The van der Waals surface area contributed by atoms with Gasteiger partial charge >= 0.3 is 0 Å². The van der Waals surface area contributed by atoms with Crippen LogP contribution < -0.4 is 5.11 Å². The van der Waals surface area contributed by atoms with Crippen LogP contribution >= 0.6 is 0 Å². The molecule has 100 valence electrons. The van der Waals surface area contributed by atoms with Gasteiger partial charge < -0.3 is 9.90 Å². The molecule has 2 nitrogen and oxygen atoms in total. The number of aliphatic carboxylic acids is 1. The van der Waals surface area contributed by atoms with Gasteiger partial charge in [-0.15, -0.1) is 0 Å². The quantitative estimate of drug-likeness (QED) is 0.820. The van der Waals surface area contributed by atoms with Crippen molar-refractivity contribution in [1.29, 1.82) is 0 Å². The number of hydrogen-bond acceptors (Lipinski definition) is 2. The number of carbonyl (C=O) groups excluding carboxylic acids is 1. The fourth-order valence-electron chi connectivity index (χ4n) is 2.06. The summed E-state index contributed by atoms with van der Waals surface area (Å²) in [6, 6.07) is 7.88. The average Bonchev–Trinajstić information content (AvgIpc) is 2.24. The van der Waals surface area contributed by atoms with Gasteiger partial charge in [0.05, 0.1) is 0 Å². The highest BCUT2D eigenvalue weighted by atomic mass is 16.4. The molecule has 0 bridgehead atoms. The molecule has 0 spiro atoms. The van der Waals surface area contributed by atoms with Crippen molar-refractivity contribution in [2.24, 2.45) is 5.92 Å². The van der Waals surface area contributed by atoms with Crippen molar-refractivity contribution in [1.82, 2.24) is 0 Å². The third-order valence-corrected chi connectivity index (χ3v) is 3.17. The molecule has 0 N–H and O–H groups in total. The van der Waals surface area contributed by atoms with Crippen molar-refractivity contribution in [3.63, 3.8) is 0 Å². The smallest absolute Gasteiger partial charge is 0.0489 e.